The topological polar surface area (TPSA) is 84.7 Å². The van der Waals surface area contributed by atoms with Crippen LogP contribution in [0.4, 0.5) is 0 Å². The van der Waals surface area contributed by atoms with Crippen molar-refractivity contribution in [2.75, 3.05) is 13.1 Å². The summed E-state index contributed by atoms with van der Waals surface area (Å²) in [6.07, 6.45) is 3.77. The molecule has 0 radical (unpaired) electrons. The first-order valence-electron chi connectivity index (χ1n) is 7.49. The lowest BCUT2D eigenvalue weighted by molar-refractivity contribution is 0.0934. The lowest BCUT2D eigenvalue weighted by Gasteiger charge is -2.22. The van der Waals surface area contributed by atoms with Crippen LogP contribution in [0, 0.1) is 6.92 Å². The molecule has 1 aliphatic rings. The van der Waals surface area contributed by atoms with Crippen LogP contribution in [0.5, 0.6) is 0 Å². The van der Waals surface area contributed by atoms with E-state index in [4.69, 9.17) is 0 Å². The molecule has 2 N–H and O–H groups in total. The van der Waals surface area contributed by atoms with Crippen molar-refractivity contribution in [3.05, 3.63) is 28.0 Å². The summed E-state index contributed by atoms with van der Waals surface area (Å²) >= 11 is 1.55. The summed E-state index contributed by atoms with van der Waals surface area (Å²) in [6.45, 7) is 5.82. The zero-order valence-corrected chi connectivity index (χ0v) is 13.6. The number of nitrogens with zero attached hydrogens (tertiary/aromatic N) is 4. The van der Waals surface area contributed by atoms with Gasteiger partial charge in [0.1, 0.15) is 5.01 Å². The number of piperidine rings is 1. The number of thiazole rings is 1. The summed E-state index contributed by atoms with van der Waals surface area (Å²) in [4.78, 5) is 16.7. The SMILES string of the molecule is Cc1csc(C(C)NC(=O)c2cn(C3CCNCC3)nn2)n1. The van der Waals surface area contributed by atoms with Crippen molar-refractivity contribution in [3.63, 3.8) is 0 Å². The monoisotopic (exact) mass is 320 g/mol. The molecule has 1 amide bonds. The molecule has 1 atom stereocenters. The Labute approximate surface area is 133 Å². The van der Waals surface area contributed by atoms with Crippen molar-refractivity contribution in [2.24, 2.45) is 0 Å². The molecule has 3 heterocycles. The summed E-state index contributed by atoms with van der Waals surface area (Å²) in [5.74, 6) is -0.208. The van der Waals surface area contributed by atoms with Gasteiger partial charge in [-0.15, -0.1) is 16.4 Å². The van der Waals surface area contributed by atoms with Gasteiger partial charge in [-0.2, -0.15) is 0 Å². The van der Waals surface area contributed by atoms with Crippen LogP contribution in [-0.4, -0.2) is 39.0 Å². The molecule has 7 nitrogen and oxygen atoms in total. The number of nitrogens with one attached hydrogen (secondary N) is 2. The van der Waals surface area contributed by atoms with Gasteiger partial charge in [0.05, 0.1) is 18.3 Å². The second-order valence-corrected chi connectivity index (χ2v) is 6.48. The highest BCUT2D eigenvalue weighted by atomic mass is 32.1. The first-order chi connectivity index (χ1) is 10.6. The fraction of sp³-hybridized carbons (Fsp3) is 0.571. The van der Waals surface area contributed by atoms with Gasteiger partial charge in [0.15, 0.2) is 5.69 Å². The third-order valence-electron chi connectivity index (χ3n) is 3.78. The summed E-state index contributed by atoms with van der Waals surface area (Å²) in [6, 6.07) is 0.199. The van der Waals surface area contributed by atoms with Crippen molar-refractivity contribution < 1.29 is 4.79 Å². The minimum absolute atomic E-state index is 0.129. The summed E-state index contributed by atoms with van der Waals surface area (Å²) in [5.41, 5.74) is 1.33. The normalized spacial score (nSPS) is 17.4. The van der Waals surface area contributed by atoms with Crippen LogP contribution in [-0.2, 0) is 0 Å². The van der Waals surface area contributed by atoms with Crippen molar-refractivity contribution in [2.45, 2.75) is 38.8 Å². The largest absolute Gasteiger partial charge is 0.342 e. The molecule has 22 heavy (non-hydrogen) atoms. The van der Waals surface area contributed by atoms with Crippen LogP contribution >= 0.6 is 11.3 Å². The molecule has 1 aliphatic heterocycles. The molecule has 0 aromatic carbocycles. The number of rotatable bonds is 4. The molecular weight excluding hydrogens is 300 g/mol. The van der Waals surface area contributed by atoms with E-state index in [1.807, 2.05) is 23.9 Å². The maximum absolute atomic E-state index is 12.3. The van der Waals surface area contributed by atoms with Gasteiger partial charge in [0, 0.05) is 11.1 Å². The Bertz CT molecular complexity index is 645. The van der Waals surface area contributed by atoms with Crippen LogP contribution in [0.2, 0.25) is 0 Å². The zero-order chi connectivity index (χ0) is 15.5. The predicted molar refractivity (Wildman–Crippen MR) is 83.9 cm³/mol. The number of aromatic nitrogens is 4. The Morgan fingerprint density at radius 2 is 2.27 bits per heavy atom. The fourth-order valence-electron chi connectivity index (χ4n) is 2.53. The van der Waals surface area contributed by atoms with Gasteiger partial charge in [0.2, 0.25) is 0 Å². The van der Waals surface area contributed by atoms with Crippen LogP contribution in [0.3, 0.4) is 0 Å². The van der Waals surface area contributed by atoms with Crippen LogP contribution in [0.25, 0.3) is 0 Å². The minimum atomic E-state index is -0.208. The number of carbonyl (C=O) groups is 1. The van der Waals surface area contributed by atoms with E-state index in [2.05, 4.69) is 25.9 Å². The van der Waals surface area contributed by atoms with Gasteiger partial charge in [-0.25, -0.2) is 9.67 Å². The standard InChI is InChI=1S/C14H20N6OS/c1-9-8-22-14(16-9)10(2)17-13(21)12-7-20(19-18-12)11-3-5-15-6-4-11/h7-8,10-11,15H,3-6H2,1-2H3,(H,17,21). The molecule has 0 bridgehead atoms. The van der Waals surface area contributed by atoms with Gasteiger partial charge >= 0.3 is 0 Å². The Balaban J connectivity index is 1.63. The van der Waals surface area contributed by atoms with Gasteiger partial charge in [-0.3, -0.25) is 4.79 Å². The molecule has 0 spiro atoms. The van der Waals surface area contributed by atoms with Gasteiger partial charge in [-0.05, 0) is 39.8 Å². The van der Waals surface area contributed by atoms with Gasteiger partial charge in [-0.1, -0.05) is 5.21 Å². The molecule has 2 aromatic heterocycles. The average Bonchev–Trinajstić information content (AvgIpc) is 3.17. The van der Waals surface area contributed by atoms with Crippen molar-refractivity contribution in [3.8, 4) is 0 Å². The maximum atomic E-state index is 12.3. The van der Waals surface area contributed by atoms with E-state index in [9.17, 15) is 4.79 Å². The van der Waals surface area contributed by atoms with E-state index in [0.717, 1.165) is 36.6 Å². The first-order valence-corrected chi connectivity index (χ1v) is 8.37. The summed E-state index contributed by atoms with van der Waals surface area (Å²) < 4.78 is 1.81. The number of hydrogen-bond donors (Lipinski definition) is 2. The number of aryl methyl sites for hydroxylation is 1. The van der Waals surface area contributed by atoms with Crippen LogP contribution in [0.1, 0.15) is 53.0 Å². The lowest BCUT2D eigenvalue weighted by atomic mass is 10.1. The lowest BCUT2D eigenvalue weighted by Crippen LogP contribution is -2.29. The van der Waals surface area contributed by atoms with E-state index >= 15 is 0 Å². The summed E-state index contributed by atoms with van der Waals surface area (Å²) in [7, 11) is 0. The summed E-state index contributed by atoms with van der Waals surface area (Å²) in [5, 5.41) is 17.2. The average molecular weight is 320 g/mol. The Kier molecular flexibility index (Phi) is 4.49. The number of hydrogen-bond acceptors (Lipinski definition) is 6. The van der Waals surface area contributed by atoms with Crippen molar-refractivity contribution >= 4 is 17.2 Å². The predicted octanol–water partition coefficient (Wildman–Crippen LogP) is 1.46. The molecule has 1 unspecified atom stereocenters. The molecule has 0 aliphatic carbocycles. The molecule has 1 fully saturated rings. The van der Waals surface area contributed by atoms with E-state index in [-0.39, 0.29) is 11.9 Å². The van der Waals surface area contributed by atoms with Crippen LogP contribution in [0.15, 0.2) is 11.6 Å². The molecule has 8 heteroatoms. The first kappa shape index (κ1) is 15.1. The molecule has 3 rings (SSSR count). The second-order valence-electron chi connectivity index (χ2n) is 5.59. The number of carbonyl (C=O) groups excluding carboxylic acids is 1. The molecule has 118 valence electrons. The van der Waals surface area contributed by atoms with Crippen molar-refractivity contribution in [1.82, 2.24) is 30.6 Å². The molecule has 0 saturated carbocycles. The highest BCUT2D eigenvalue weighted by Crippen LogP contribution is 2.19. The van der Waals surface area contributed by atoms with Crippen molar-refractivity contribution in [1.29, 1.82) is 0 Å². The molecule has 1 saturated heterocycles. The van der Waals surface area contributed by atoms with Gasteiger partial charge < -0.3 is 10.6 Å². The van der Waals surface area contributed by atoms with Gasteiger partial charge in [0.25, 0.3) is 5.91 Å². The Morgan fingerprint density at radius 3 is 2.95 bits per heavy atom. The van der Waals surface area contributed by atoms with E-state index in [0.29, 0.717) is 11.7 Å². The van der Waals surface area contributed by atoms with Crippen LogP contribution < -0.4 is 10.6 Å². The highest BCUT2D eigenvalue weighted by Gasteiger charge is 2.20. The maximum Gasteiger partial charge on any atom is 0.274 e. The quantitative estimate of drug-likeness (QED) is 0.891. The van der Waals surface area contributed by atoms with E-state index in [1.54, 1.807) is 17.5 Å². The zero-order valence-electron chi connectivity index (χ0n) is 12.7. The Hall–Kier alpha value is -1.80. The van der Waals surface area contributed by atoms with E-state index in [1.165, 1.54) is 0 Å². The third kappa shape index (κ3) is 3.33. The molecular formula is C14H20N6OS. The minimum Gasteiger partial charge on any atom is -0.342 e. The second kappa shape index (κ2) is 6.53. The third-order valence-corrected chi connectivity index (χ3v) is 4.93. The molecule has 2 aromatic rings. The van der Waals surface area contributed by atoms with E-state index < -0.39 is 0 Å². The smallest absolute Gasteiger partial charge is 0.274 e. The fourth-order valence-corrected chi connectivity index (χ4v) is 3.34. The Morgan fingerprint density at radius 1 is 1.50 bits per heavy atom. The highest BCUT2D eigenvalue weighted by molar-refractivity contribution is 7.09. The number of amides is 1.